The van der Waals surface area contributed by atoms with Crippen molar-refractivity contribution in [1.82, 2.24) is 0 Å². The van der Waals surface area contributed by atoms with Crippen molar-refractivity contribution in [2.75, 3.05) is 0 Å². The molecule has 64 valence electrons. The molecule has 0 radical (unpaired) electrons. The molecule has 0 bridgehead atoms. The topological polar surface area (TPSA) is 57.5 Å². The lowest BCUT2D eigenvalue weighted by molar-refractivity contribution is 0.111. The van der Waals surface area contributed by atoms with Crippen molar-refractivity contribution in [3.63, 3.8) is 0 Å². The van der Waals surface area contributed by atoms with E-state index in [-0.39, 0.29) is 6.29 Å². The number of carbonyl (C=O) groups excluding carboxylic acids is 1. The standard InChI is InChI=1S/C7H4ClFO3/c8-4-1-5(11)7(12)3(2-10)6(4)9/h1-2,11-12H. The van der Waals surface area contributed by atoms with Gasteiger partial charge in [0, 0.05) is 6.07 Å². The molecule has 1 aromatic rings. The van der Waals surface area contributed by atoms with Gasteiger partial charge < -0.3 is 10.2 Å². The van der Waals surface area contributed by atoms with Crippen molar-refractivity contribution in [3.8, 4) is 11.5 Å². The van der Waals surface area contributed by atoms with Crippen LogP contribution in [0.15, 0.2) is 6.07 Å². The first-order chi connectivity index (χ1) is 5.57. The zero-order valence-corrected chi connectivity index (χ0v) is 6.47. The lowest BCUT2D eigenvalue weighted by atomic mass is 10.2. The van der Waals surface area contributed by atoms with Gasteiger partial charge in [-0.1, -0.05) is 11.6 Å². The van der Waals surface area contributed by atoms with Crippen LogP contribution in [0.25, 0.3) is 0 Å². The van der Waals surface area contributed by atoms with Crippen molar-refractivity contribution in [2.45, 2.75) is 0 Å². The summed E-state index contributed by atoms with van der Waals surface area (Å²) in [6.45, 7) is 0. The number of benzene rings is 1. The maximum atomic E-state index is 12.8. The normalized spacial score (nSPS) is 9.83. The highest BCUT2D eigenvalue weighted by atomic mass is 35.5. The minimum Gasteiger partial charge on any atom is -0.504 e. The summed E-state index contributed by atoms with van der Waals surface area (Å²) in [5.74, 6) is -2.46. The molecule has 3 nitrogen and oxygen atoms in total. The Kier molecular flexibility index (Phi) is 2.19. The third kappa shape index (κ3) is 1.21. The SMILES string of the molecule is O=Cc1c(O)c(O)cc(Cl)c1F. The van der Waals surface area contributed by atoms with Crippen molar-refractivity contribution in [2.24, 2.45) is 0 Å². The van der Waals surface area contributed by atoms with Gasteiger partial charge in [0.15, 0.2) is 23.6 Å². The first kappa shape index (κ1) is 8.80. The lowest BCUT2D eigenvalue weighted by Crippen LogP contribution is -1.89. The van der Waals surface area contributed by atoms with Gasteiger partial charge in [-0.2, -0.15) is 0 Å². The number of carbonyl (C=O) groups is 1. The maximum absolute atomic E-state index is 12.8. The molecule has 12 heavy (non-hydrogen) atoms. The highest BCUT2D eigenvalue weighted by molar-refractivity contribution is 6.31. The Morgan fingerprint density at radius 1 is 1.50 bits per heavy atom. The molecule has 0 spiro atoms. The van der Waals surface area contributed by atoms with Crippen LogP contribution in [0, 0.1) is 5.82 Å². The van der Waals surface area contributed by atoms with E-state index in [1.165, 1.54) is 0 Å². The Balaban J connectivity index is 3.52. The van der Waals surface area contributed by atoms with Gasteiger partial charge >= 0.3 is 0 Å². The van der Waals surface area contributed by atoms with Crippen LogP contribution < -0.4 is 0 Å². The van der Waals surface area contributed by atoms with Gasteiger partial charge in [0.05, 0.1) is 10.6 Å². The third-order valence-electron chi connectivity index (χ3n) is 1.33. The molecule has 0 saturated heterocycles. The van der Waals surface area contributed by atoms with Crippen LogP contribution in [-0.2, 0) is 0 Å². The molecule has 0 aliphatic rings. The first-order valence-electron chi connectivity index (χ1n) is 2.93. The second kappa shape index (κ2) is 2.98. The summed E-state index contributed by atoms with van der Waals surface area (Å²) < 4.78 is 12.8. The molecular weight excluding hydrogens is 187 g/mol. The first-order valence-corrected chi connectivity index (χ1v) is 3.30. The molecule has 1 rings (SSSR count). The fourth-order valence-corrected chi connectivity index (χ4v) is 0.935. The molecule has 0 unspecified atom stereocenters. The Labute approximate surface area is 72.0 Å². The van der Waals surface area contributed by atoms with Crippen molar-refractivity contribution in [1.29, 1.82) is 0 Å². The second-order valence-electron chi connectivity index (χ2n) is 2.07. The van der Waals surface area contributed by atoms with Gasteiger partial charge in [-0.05, 0) is 0 Å². The van der Waals surface area contributed by atoms with Gasteiger partial charge in [-0.3, -0.25) is 4.79 Å². The number of aldehydes is 1. The number of aromatic hydroxyl groups is 2. The molecule has 0 atom stereocenters. The molecule has 0 aliphatic carbocycles. The fraction of sp³-hybridized carbons (Fsp3) is 0. The van der Waals surface area contributed by atoms with Crippen LogP contribution >= 0.6 is 11.6 Å². The predicted octanol–water partition coefficient (Wildman–Crippen LogP) is 1.70. The highest BCUT2D eigenvalue weighted by Gasteiger charge is 2.15. The van der Waals surface area contributed by atoms with E-state index < -0.39 is 27.9 Å². The Morgan fingerprint density at radius 2 is 2.08 bits per heavy atom. The predicted molar refractivity (Wildman–Crippen MR) is 40.1 cm³/mol. The summed E-state index contributed by atoms with van der Waals surface area (Å²) in [6.07, 6.45) is 0.0796. The number of rotatable bonds is 1. The minimum atomic E-state index is -1.04. The second-order valence-corrected chi connectivity index (χ2v) is 2.48. The van der Waals surface area contributed by atoms with Crippen molar-refractivity contribution in [3.05, 3.63) is 22.5 Å². The Hall–Kier alpha value is -1.29. The number of hydrogen-bond donors (Lipinski definition) is 2. The molecule has 0 aromatic heterocycles. The molecule has 2 N–H and O–H groups in total. The Morgan fingerprint density at radius 3 is 2.58 bits per heavy atom. The molecule has 0 amide bonds. The molecule has 0 heterocycles. The molecule has 0 aliphatic heterocycles. The largest absolute Gasteiger partial charge is 0.504 e. The number of phenols is 2. The summed E-state index contributed by atoms with van der Waals surface area (Å²) in [4.78, 5) is 10.2. The lowest BCUT2D eigenvalue weighted by Gasteiger charge is -2.02. The van der Waals surface area contributed by atoms with Crippen LogP contribution in [-0.4, -0.2) is 16.5 Å². The van der Waals surface area contributed by atoms with Crippen LogP contribution in [0.1, 0.15) is 10.4 Å². The average molecular weight is 191 g/mol. The summed E-state index contributed by atoms with van der Waals surface area (Å²) >= 11 is 5.26. The highest BCUT2D eigenvalue weighted by Crippen LogP contribution is 2.34. The van der Waals surface area contributed by atoms with E-state index >= 15 is 0 Å². The zero-order valence-electron chi connectivity index (χ0n) is 5.71. The van der Waals surface area contributed by atoms with E-state index in [9.17, 15) is 9.18 Å². The van der Waals surface area contributed by atoms with Gasteiger partial charge in [-0.15, -0.1) is 0 Å². The van der Waals surface area contributed by atoms with E-state index in [0.29, 0.717) is 0 Å². The van der Waals surface area contributed by atoms with Crippen molar-refractivity contribution < 1.29 is 19.4 Å². The van der Waals surface area contributed by atoms with Gasteiger partial charge in [0.2, 0.25) is 0 Å². The maximum Gasteiger partial charge on any atom is 0.171 e. The van der Waals surface area contributed by atoms with Crippen LogP contribution in [0.2, 0.25) is 5.02 Å². The molecular formula is C7H4ClFO3. The summed E-state index contributed by atoms with van der Waals surface area (Å²) in [6, 6.07) is 0.819. The molecule has 5 heteroatoms. The van der Waals surface area contributed by atoms with Crippen molar-refractivity contribution >= 4 is 17.9 Å². The monoisotopic (exact) mass is 190 g/mol. The molecule has 0 saturated carbocycles. The van der Waals surface area contributed by atoms with E-state index in [1.807, 2.05) is 0 Å². The molecule has 1 aromatic carbocycles. The Bertz CT molecular complexity index is 312. The number of halogens is 2. The van der Waals surface area contributed by atoms with Crippen LogP contribution in [0.3, 0.4) is 0 Å². The van der Waals surface area contributed by atoms with Gasteiger partial charge in [0.1, 0.15) is 0 Å². The summed E-state index contributed by atoms with van der Waals surface area (Å²) in [7, 11) is 0. The quantitative estimate of drug-likeness (QED) is 0.524. The fourth-order valence-electron chi connectivity index (χ4n) is 0.730. The summed E-state index contributed by atoms with van der Waals surface area (Å²) in [5, 5.41) is 17.4. The van der Waals surface area contributed by atoms with E-state index in [1.54, 1.807) is 0 Å². The van der Waals surface area contributed by atoms with E-state index in [0.717, 1.165) is 6.07 Å². The van der Waals surface area contributed by atoms with Crippen LogP contribution in [0.4, 0.5) is 4.39 Å². The third-order valence-corrected chi connectivity index (χ3v) is 1.60. The average Bonchev–Trinajstić information content (AvgIpc) is 2.02. The number of hydrogen-bond acceptors (Lipinski definition) is 3. The zero-order chi connectivity index (χ0) is 9.30. The van der Waals surface area contributed by atoms with E-state index in [2.05, 4.69) is 0 Å². The minimum absolute atomic E-state index is 0.0796. The van der Waals surface area contributed by atoms with E-state index in [4.69, 9.17) is 21.8 Å². The summed E-state index contributed by atoms with van der Waals surface area (Å²) in [5.41, 5.74) is -0.639. The van der Waals surface area contributed by atoms with Crippen LogP contribution in [0.5, 0.6) is 11.5 Å². The molecule has 0 fully saturated rings. The number of phenolic OH excluding ortho intramolecular Hbond substituents is 2. The smallest absolute Gasteiger partial charge is 0.171 e. The van der Waals surface area contributed by atoms with Gasteiger partial charge in [-0.25, -0.2) is 4.39 Å². The van der Waals surface area contributed by atoms with Gasteiger partial charge in [0.25, 0.3) is 0 Å².